The molecule has 0 aromatic carbocycles. The number of nitrogens with zero attached hydrogens (tertiary/aromatic N) is 4. The van der Waals surface area contributed by atoms with E-state index in [4.69, 9.17) is 0 Å². The van der Waals surface area contributed by atoms with Crippen LogP contribution in [0.1, 0.15) is 30.1 Å². The number of allylic oxidation sites excluding steroid dienone is 2. The normalized spacial score (nSPS) is 15.2. The van der Waals surface area contributed by atoms with Gasteiger partial charge in [-0.1, -0.05) is 12.2 Å². The van der Waals surface area contributed by atoms with Crippen LogP contribution in [0.2, 0.25) is 0 Å². The second-order valence-electron chi connectivity index (χ2n) is 4.85. The summed E-state index contributed by atoms with van der Waals surface area (Å²) in [4.78, 5) is 16.2. The molecule has 2 aromatic heterocycles. The molecule has 0 amide bonds. The van der Waals surface area contributed by atoms with Gasteiger partial charge in [-0.2, -0.15) is 5.10 Å². The van der Waals surface area contributed by atoms with Crippen LogP contribution in [0.4, 0.5) is 0 Å². The van der Waals surface area contributed by atoms with Gasteiger partial charge in [0.25, 0.3) is 0 Å². The summed E-state index contributed by atoms with van der Waals surface area (Å²) in [6.07, 6.45) is 9.70. The summed E-state index contributed by atoms with van der Waals surface area (Å²) >= 11 is 0. The molecule has 1 aliphatic carbocycles. The standard InChI is InChI=1S/C14H16N4O/c1-17-13(12-4-2-3-5-12)16-18(14(17)19)10-11-6-8-15-9-7-11/h2-3,6-9,12H,4-5,10H2,1H3. The van der Waals surface area contributed by atoms with Crippen molar-refractivity contribution in [3.63, 3.8) is 0 Å². The van der Waals surface area contributed by atoms with Crippen molar-refractivity contribution in [2.75, 3.05) is 0 Å². The highest BCUT2D eigenvalue weighted by molar-refractivity contribution is 5.12. The lowest BCUT2D eigenvalue weighted by Gasteiger charge is -2.06. The Balaban J connectivity index is 1.90. The molecular weight excluding hydrogens is 240 g/mol. The third kappa shape index (κ3) is 2.23. The number of pyridine rings is 1. The third-order valence-electron chi connectivity index (χ3n) is 3.53. The van der Waals surface area contributed by atoms with Gasteiger partial charge in [0.05, 0.1) is 6.54 Å². The number of rotatable bonds is 3. The predicted molar refractivity (Wildman–Crippen MR) is 71.9 cm³/mol. The Morgan fingerprint density at radius 3 is 2.63 bits per heavy atom. The molecule has 0 atom stereocenters. The van der Waals surface area contributed by atoms with Crippen molar-refractivity contribution in [1.29, 1.82) is 0 Å². The van der Waals surface area contributed by atoms with E-state index in [0.717, 1.165) is 24.2 Å². The molecule has 0 aliphatic heterocycles. The van der Waals surface area contributed by atoms with Crippen molar-refractivity contribution < 1.29 is 0 Å². The van der Waals surface area contributed by atoms with Gasteiger partial charge in [0.15, 0.2) is 0 Å². The SMILES string of the molecule is Cn1c(C2CC=CC2)nn(Cc2ccncc2)c1=O. The van der Waals surface area contributed by atoms with Gasteiger partial charge in [0, 0.05) is 25.4 Å². The maximum absolute atomic E-state index is 12.2. The molecule has 0 radical (unpaired) electrons. The van der Waals surface area contributed by atoms with Gasteiger partial charge in [0.1, 0.15) is 5.82 Å². The van der Waals surface area contributed by atoms with Crippen LogP contribution in [-0.4, -0.2) is 19.3 Å². The van der Waals surface area contributed by atoms with Crippen LogP contribution in [-0.2, 0) is 13.6 Å². The first-order valence-electron chi connectivity index (χ1n) is 6.43. The van der Waals surface area contributed by atoms with E-state index in [1.807, 2.05) is 12.1 Å². The quantitative estimate of drug-likeness (QED) is 0.781. The average Bonchev–Trinajstić information content (AvgIpc) is 3.04. The van der Waals surface area contributed by atoms with Crippen LogP contribution < -0.4 is 5.69 Å². The molecule has 19 heavy (non-hydrogen) atoms. The van der Waals surface area contributed by atoms with Crippen molar-refractivity contribution in [3.8, 4) is 0 Å². The molecule has 0 saturated carbocycles. The molecule has 5 nitrogen and oxygen atoms in total. The highest BCUT2D eigenvalue weighted by atomic mass is 16.2. The molecule has 0 fully saturated rings. The van der Waals surface area contributed by atoms with Crippen molar-refractivity contribution in [3.05, 3.63) is 58.6 Å². The van der Waals surface area contributed by atoms with Crippen LogP contribution in [0.15, 0.2) is 41.5 Å². The molecule has 0 spiro atoms. The van der Waals surface area contributed by atoms with Crippen molar-refractivity contribution in [1.82, 2.24) is 19.3 Å². The highest BCUT2D eigenvalue weighted by Crippen LogP contribution is 2.26. The summed E-state index contributed by atoms with van der Waals surface area (Å²) in [5, 5.41) is 4.49. The van der Waals surface area contributed by atoms with Gasteiger partial charge in [0.2, 0.25) is 0 Å². The van der Waals surface area contributed by atoms with Crippen LogP contribution in [0.5, 0.6) is 0 Å². The largest absolute Gasteiger partial charge is 0.345 e. The predicted octanol–water partition coefficient (Wildman–Crippen LogP) is 1.46. The van der Waals surface area contributed by atoms with Crippen molar-refractivity contribution in [2.45, 2.75) is 25.3 Å². The Labute approximate surface area is 111 Å². The second-order valence-corrected chi connectivity index (χ2v) is 4.85. The minimum Gasteiger partial charge on any atom is -0.282 e. The summed E-state index contributed by atoms with van der Waals surface area (Å²) in [6.45, 7) is 0.495. The molecule has 0 bridgehead atoms. The van der Waals surface area contributed by atoms with Gasteiger partial charge >= 0.3 is 5.69 Å². The monoisotopic (exact) mass is 256 g/mol. The van der Waals surface area contributed by atoms with E-state index >= 15 is 0 Å². The first-order valence-corrected chi connectivity index (χ1v) is 6.43. The Morgan fingerprint density at radius 2 is 1.95 bits per heavy atom. The molecule has 0 N–H and O–H groups in total. The van der Waals surface area contributed by atoms with Crippen molar-refractivity contribution in [2.24, 2.45) is 7.05 Å². The first kappa shape index (κ1) is 11.9. The van der Waals surface area contributed by atoms with Crippen LogP contribution in [0.3, 0.4) is 0 Å². The molecule has 3 rings (SSSR count). The highest BCUT2D eigenvalue weighted by Gasteiger charge is 2.20. The van der Waals surface area contributed by atoms with E-state index in [1.165, 1.54) is 4.68 Å². The fourth-order valence-corrected chi connectivity index (χ4v) is 2.45. The van der Waals surface area contributed by atoms with E-state index in [0.29, 0.717) is 12.5 Å². The lowest BCUT2D eigenvalue weighted by Crippen LogP contribution is -2.24. The zero-order valence-electron chi connectivity index (χ0n) is 10.9. The Morgan fingerprint density at radius 1 is 1.26 bits per heavy atom. The Bertz CT molecular complexity index is 646. The summed E-state index contributed by atoms with van der Waals surface area (Å²) in [7, 11) is 1.80. The molecule has 0 saturated heterocycles. The minimum atomic E-state index is -0.0567. The maximum atomic E-state index is 12.2. The smallest absolute Gasteiger partial charge is 0.282 e. The molecule has 98 valence electrons. The number of hydrogen-bond acceptors (Lipinski definition) is 3. The van der Waals surface area contributed by atoms with Gasteiger partial charge in [-0.05, 0) is 30.5 Å². The van der Waals surface area contributed by atoms with E-state index < -0.39 is 0 Å². The minimum absolute atomic E-state index is 0.0567. The summed E-state index contributed by atoms with van der Waals surface area (Å²) in [5.41, 5.74) is 0.977. The zero-order valence-corrected chi connectivity index (χ0v) is 10.9. The second kappa shape index (κ2) is 4.84. The van der Waals surface area contributed by atoms with Gasteiger partial charge in [-0.3, -0.25) is 9.55 Å². The molecule has 2 heterocycles. The van der Waals surface area contributed by atoms with E-state index in [-0.39, 0.29) is 5.69 Å². The fraction of sp³-hybridized carbons (Fsp3) is 0.357. The van der Waals surface area contributed by atoms with Crippen LogP contribution in [0.25, 0.3) is 0 Å². The summed E-state index contributed by atoms with van der Waals surface area (Å²) in [6, 6.07) is 3.80. The van der Waals surface area contributed by atoms with Gasteiger partial charge in [-0.25, -0.2) is 9.48 Å². The number of hydrogen-bond donors (Lipinski definition) is 0. The maximum Gasteiger partial charge on any atom is 0.345 e. The van der Waals surface area contributed by atoms with E-state index in [9.17, 15) is 4.79 Å². The van der Waals surface area contributed by atoms with Gasteiger partial charge < -0.3 is 0 Å². The third-order valence-corrected chi connectivity index (χ3v) is 3.53. The summed E-state index contributed by atoms with van der Waals surface area (Å²) in [5.74, 6) is 1.22. The average molecular weight is 256 g/mol. The topological polar surface area (TPSA) is 52.7 Å². The molecule has 5 heteroatoms. The van der Waals surface area contributed by atoms with Crippen LogP contribution >= 0.6 is 0 Å². The zero-order chi connectivity index (χ0) is 13.2. The lowest BCUT2D eigenvalue weighted by atomic mass is 10.1. The fourth-order valence-electron chi connectivity index (χ4n) is 2.45. The Kier molecular flexibility index (Phi) is 3.03. The Hall–Kier alpha value is -2.17. The van der Waals surface area contributed by atoms with Crippen molar-refractivity contribution >= 4 is 0 Å². The van der Waals surface area contributed by atoms with E-state index in [1.54, 1.807) is 24.0 Å². The number of aromatic nitrogens is 4. The summed E-state index contributed by atoms with van der Waals surface area (Å²) < 4.78 is 3.20. The van der Waals surface area contributed by atoms with Crippen LogP contribution in [0, 0.1) is 0 Å². The molecule has 0 unspecified atom stereocenters. The van der Waals surface area contributed by atoms with Gasteiger partial charge in [-0.15, -0.1) is 0 Å². The molecule has 1 aliphatic rings. The lowest BCUT2D eigenvalue weighted by molar-refractivity contribution is 0.622. The molecule has 2 aromatic rings. The van der Waals surface area contributed by atoms with E-state index in [2.05, 4.69) is 22.2 Å². The molecular formula is C14H16N4O. The first-order chi connectivity index (χ1) is 9.25.